The predicted octanol–water partition coefficient (Wildman–Crippen LogP) is 0.656. The van der Waals surface area contributed by atoms with Crippen LogP contribution in [0.3, 0.4) is 0 Å². The van der Waals surface area contributed by atoms with Crippen molar-refractivity contribution >= 4 is 16.3 Å². The highest BCUT2D eigenvalue weighted by Crippen LogP contribution is 2.22. The lowest BCUT2D eigenvalue weighted by molar-refractivity contribution is 0.101. The molecule has 2 aromatic rings. The number of hydrazine groups is 1. The lowest BCUT2D eigenvalue weighted by Crippen LogP contribution is -2.50. The van der Waals surface area contributed by atoms with Crippen molar-refractivity contribution in [1.29, 1.82) is 0 Å². The first-order chi connectivity index (χ1) is 9.28. The van der Waals surface area contributed by atoms with Gasteiger partial charge in [0.2, 0.25) is 5.88 Å². The summed E-state index contributed by atoms with van der Waals surface area (Å²) >= 11 is 1.62. The van der Waals surface area contributed by atoms with Gasteiger partial charge in [-0.2, -0.15) is 4.98 Å². The molecule has 2 aromatic heterocycles. The molecule has 1 N–H and O–H groups in total. The fourth-order valence-electron chi connectivity index (χ4n) is 2.29. The van der Waals surface area contributed by atoms with Crippen molar-refractivity contribution in [2.24, 2.45) is 0 Å². The third-order valence-corrected chi connectivity index (χ3v) is 4.25. The first-order valence-corrected chi connectivity index (χ1v) is 7.31. The molecule has 1 aliphatic rings. The molecule has 7 heteroatoms. The predicted molar refractivity (Wildman–Crippen MR) is 75.5 cm³/mol. The van der Waals surface area contributed by atoms with Gasteiger partial charge < -0.3 is 9.64 Å². The maximum atomic E-state index is 5.35. The number of fused-ring (bicyclic) bond motifs is 1. The molecule has 0 radical (unpaired) electrons. The van der Waals surface area contributed by atoms with E-state index in [4.69, 9.17) is 4.74 Å². The fraction of sp³-hybridized carbons (Fsp3) is 0.583. The van der Waals surface area contributed by atoms with E-state index >= 15 is 0 Å². The van der Waals surface area contributed by atoms with Crippen molar-refractivity contribution in [2.45, 2.75) is 6.54 Å². The minimum absolute atomic E-state index is 0.716. The standard InChI is InChI=1S/C12H19N5OS/c1-15-3-5-16(6-4-15)13-9-10-11(18-2)14-12-17(10)7-8-19-12/h7-8,13H,3-6,9H2,1-2H3. The van der Waals surface area contributed by atoms with Gasteiger partial charge in [0.1, 0.15) is 5.69 Å². The highest BCUT2D eigenvalue weighted by Gasteiger charge is 2.17. The number of hydrogen-bond acceptors (Lipinski definition) is 6. The van der Waals surface area contributed by atoms with Gasteiger partial charge >= 0.3 is 0 Å². The lowest BCUT2D eigenvalue weighted by Gasteiger charge is -2.32. The Balaban J connectivity index is 1.69. The maximum Gasteiger partial charge on any atom is 0.237 e. The topological polar surface area (TPSA) is 45.0 Å². The summed E-state index contributed by atoms with van der Waals surface area (Å²) in [7, 11) is 3.83. The number of thiazole rings is 1. The number of piperazine rings is 1. The second-order valence-corrected chi connectivity index (χ2v) is 5.62. The van der Waals surface area contributed by atoms with Gasteiger partial charge in [-0.15, -0.1) is 11.3 Å². The Hall–Kier alpha value is -1.15. The summed E-state index contributed by atoms with van der Waals surface area (Å²) in [6.45, 7) is 5.04. The van der Waals surface area contributed by atoms with Gasteiger partial charge in [0.15, 0.2) is 4.96 Å². The highest BCUT2D eigenvalue weighted by molar-refractivity contribution is 7.15. The summed E-state index contributed by atoms with van der Waals surface area (Å²) < 4.78 is 7.44. The first kappa shape index (κ1) is 12.9. The average Bonchev–Trinajstić information content (AvgIpc) is 2.99. The molecule has 3 rings (SSSR count). The first-order valence-electron chi connectivity index (χ1n) is 6.43. The third kappa shape index (κ3) is 2.59. The molecule has 19 heavy (non-hydrogen) atoms. The summed E-state index contributed by atoms with van der Waals surface area (Å²) in [5.74, 6) is 0.716. The van der Waals surface area contributed by atoms with Gasteiger partial charge in [-0.05, 0) is 7.05 Å². The smallest absolute Gasteiger partial charge is 0.237 e. The normalized spacial score (nSPS) is 18.2. The van der Waals surface area contributed by atoms with Crippen molar-refractivity contribution in [3.8, 4) is 5.88 Å². The quantitative estimate of drug-likeness (QED) is 0.892. The van der Waals surface area contributed by atoms with E-state index in [0.717, 1.165) is 43.4 Å². The molecule has 0 saturated carbocycles. The Bertz CT molecular complexity index is 543. The van der Waals surface area contributed by atoms with Gasteiger partial charge in [0.25, 0.3) is 0 Å². The second kappa shape index (κ2) is 5.46. The lowest BCUT2D eigenvalue weighted by atomic mass is 10.4. The van der Waals surface area contributed by atoms with Crippen LogP contribution in [-0.4, -0.2) is 59.6 Å². The molecular weight excluding hydrogens is 262 g/mol. The minimum atomic E-state index is 0.716. The third-order valence-electron chi connectivity index (χ3n) is 3.49. The Kier molecular flexibility index (Phi) is 3.69. The van der Waals surface area contributed by atoms with Gasteiger partial charge in [-0.25, -0.2) is 10.4 Å². The molecular formula is C12H19N5OS. The van der Waals surface area contributed by atoms with Crippen LogP contribution in [0.1, 0.15) is 5.69 Å². The van der Waals surface area contributed by atoms with Crippen molar-refractivity contribution in [3.63, 3.8) is 0 Å². The monoisotopic (exact) mass is 281 g/mol. The van der Waals surface area contributed by atoms with Crippen LogP contribution in [0, 0.1) is 0 Å². The summed E-state index contributed by atoms with van der Waals surface area (Å²) in [4.78, 5) is 7.78. The van der Waals surface area contributed by atoms with Crippen LogP contribution < -0.4 is 10.2 Å². The Morgan fingerprint density at radius 1 is 1.37 bits per heavy atom. The van der Waals surface area contributed by atoms with E-state index in [9.17, 15) is 0 Å². The van der Waals surface area contributed by atoms with Crippen LogP contribution >= 0.6 is 11.3 Å². The second-order valence-electron chi connectivity index (χ2n) is 4.75. The molecule has 0 unspecified atom stereocenters. The molecule has 1 saturated heterocycles. The highest BCUT2D eigenvalue weighted by atomic mass is 32.1. The van der Waals surface area contributed by atoms with E-state index in [-0.39, 0.29) is 0 Å². The summed E-state index contributed by atoms with van der Waals surface area (Å²) in [5, 5.41) is 4.31. The van der Waals surface area contributed by atoms with Crippen LogP contribution in [0.4, 0.5) is 0 Å². The van der Waals surface area contributed by atoms with Gasteiger partial charge in [0, 0.05) is 37.8 Å². The van der Waals surface area contributed by atoms with E-state index < -0.39 is 0 Å². The van der Waals surface area contributed by atoms with E-state index in [1.165, 1.54) is 0 Å². The molecule has 0 bridgehead atoms. The summed E-state index contributed by atoms with van der Waals surface area (Å²) in [6, 6.07) is 0. The number of aromatic nitrogens is 2. The zero-order chi connectivity index (χ0) is 13.2. The molecule has 3 heterocycles. The minimum Gasteiger partial charge on any atom is -0.480 e. The zero-order valence-electron chi connectivity index (χ0n) is 11.3. The van der Waals surface area contributed by atoms with Crippen molar-refractivity contribution in [3.05, 3.63) is 17.3 Å². The Morgan fingerprint density at radius 2 is 2.16 bits per heavy atom. The number of nitrogens with zero attached hydrogens (tertiary/aromatic N) is 4. The molecule has 0 aromatic carbocycles. The van der Waals surface area contributed by atoms with Crippen LogP contribution in [0.25, 0.3) is 4.96 Å². The largest absolute Gasteiger partial charge is 0.480 e. The van der Waals surface area contributed by atoms with Crippen molar-refractivity contribution in [2.75, 3.05) is 40.3 Å². The van der Waals surface area contributed by atoms with Gasteiger partial charge in [-0.1, -0.05) is 0 Å². The van der Waals surface area contributed by atoms with Crippen LogP contribution in [-0.2, 0) is 6.54 Å². The number of hydrogen-bond donors (Lipinski definition) is 1. The van der Waals surface area contributed by atoms with E-state index in [1.807, 2.05) is 11.6 Å². The van der Waals surface area contributed by atoms with Gasteiger partial charge in [-0.3, -0.25) is 4.40 Å². The molecule has 1 aliphatic heterocycles. The number of likely N-dealkylation sites (N-methyl/N-ethyl adjacent to an activating group) is 1. The number of imidazole rings is 1. The van der Waals surface area contributed by atoms with E-state index in [0.29, 0.717) is 5.88 Å². The van der Waals surface area contributed by atoms with Crippen LogP contribution in [0.2, 0.25) is 0 Å². The molecule has 0 aliphatic carbocycles. The number of ether oxygens (including phenoxy) is 1. The van der Waals surface area contributed by atoms with E-state index in [2.05, 4.69) is 31.8 Å². The number of rotatable bonds is 4. The molecule has 6 nitrogen and oxygen atoms in total. The number of nitrogens with one attached hydrogen (secondary N) is 1. The number of methoxy groups -OCH3 is 1. The maximum absolute atomic E-state index is 5.35. The SMILES string of the molecule is COc1nc2sccn2c1CNN1CCN(C)CC1. The molecule has 104 valence electrons. The molecule has 0 spiro atoms. The van der Waals surface area contributed by atoms with Crippen LogP contribution in [0.15, 0.2) is 11.6 Å². The molecule has 0 atom stereocenters. The van der Waals surface area contributed by atoms with Gasteiger partial charge in [0.05, 0.1) is 13.7 Å². The van der Waals surface area contributed by atoms with Crippen molar-refractivity contribution in [1.82, 2.24) is 24.7 Å². The van der Waals surface area contributed by atoms with Crippen molar-refractivity contribution < 1.29 is 4.74 Å². The van der Waals surface area contributed by atoms with E-state index in [1.54, 1.807) is 18.4 Å². The molecule has 0 amide bonds. The fourth-order valence-corrected chi connectivity index (χ4v) is 3.01. The average molecular weight is 281 g/mol. The van der Waals surface area contributed by atoms with Crippen LogP contribution in [0.5, 0.6) is 5.88 Å². The Labute approximate surface area is 116 Å². The zero-order valence-corrected chi connectivity index (χ0v) is 12.1. The molecule has 1 fully saturated rings. The summed E-state index contributed by atoms with van der Waals surface area (Å²) in [5.41, 5.74) is 4.55. The summed E-state index contributed by atoms with van der Waals surface area (Å²) in [6.07, 6.45) is 2.04. The Morgan fingerprint density at radius 3 is 2.89 bits per heavy atom.